The molecule has 0 saturated heterocycles. The van der Waals surface area contributed by atoms with Gasteiger partial charge < -0.3 is 29.2 Å². The Labute approximate surface area is 397 Å². The van der Waals surface area contributed by atoms with E-state index in [-0.39, 0.29) is 24.0 Å². The number of aliphatic carboxylic acids is 2. The third-order valence-corrected chi connectivity index (χ3v) is 13.5. The number of ether oxygens (including phenoxy) is 4. The Balaban J connectivity index is 4.93. The summed E-state index contributed by atoms with van der Waals surface area (Å²) >= 11 is 0. The first-order chi connectivity index (χ1) is 30.3. The maximum atomic E-state index is 11.1. The minimum absolute atomic E-state index is 0.00616. The van der Waals surface area contributed by atoms with Crippen molar-refractivity contribution in [3.05, 3.63) is 0 Å². The highest BCUT2D eigenvalue weighted by atomic mass is 16.5. The van der Waals surface area contributed by atoms with Crippen molar-refractivity contribution in [3.63, 3.8) is 0 Å². The lowest BCUT2D eigenvalue weighted by molar-refractivity contribution is -0.146. The van der Waals surface area contributed by atoms with Gasteiger partial charge >= 0.3 is 11.9 Å². The van der Waals surface area contributed by atoms with Gasteiger partial charge in [0.05, 0.1) is 48.5 Å². The summed E-state index contributed by atoms with van der Waals surface area (Å²) < 4.78 is 24.2. The molecule has 2 unspecified atom stereocenters. The maximum absolute atomic E-state index is 11.1. The van der Waals surface area contributed by atoms with E-state index in [1.54, 1.807) is 0 Å². The highest BCUT2D eigenvalue weighted by Crippen LogP contribution is 2.34. The molecule has 0 aliphatic carbocycles. The first-order valence-corrected chi connectivity index (χ1v) is 27.3. The zero-order valence-corrected chi connectivity index (χ0v) is 44.4. The molecule has 0 saturated carbocycles. The van der Waals surface area contributed by atoms with E-state index >= 15 is 0 Å². The van der Waals surface area contributed by atoms with Gasteiger partial charge in [0.2, 0.25) is 0 Å². The van der Waals surface area contributed by atoms with Gasteiger partial charge in [-0.25, -0.2) is 0 Å². The topological polar surface area (TPSA) is 112 Å². The summed E-state index contributed by atoms with van der Waals surface area (Å²) in [5.74, 6) is 0.115. The average Bonchev–Trinajstić information content (AvgIpc) is 3.18. The lowest BCUT2D eigenvalue weighted by Gasteiger charge is -2.29. The predicted molar refractivity (Wildman–Crippen MR) is 271 cm³/mol. The number of carbonyl (C=O) groups is 2. The van der Waals surface area contributed by atoms with Gasteiger partial charge in [-0.05, 0) is 92.9 Å². The maximum Gasteiger partial charge on any atom is 0.306 e. The van der Waals surface area contributed by atoms with Gasteiger partial charge in [0, 0.05) is 13.2 Å². The second kappa shape index (κ2) is 38.7. The van der Waals surface area contributed by atoms with Crippen molar-refractivity contribution in [2.24, 2.45) is 11.8 Å². The summed E-state index contributed by atoms with van der Waals surface area (Å²) in [5.41, 5.74) is -1.86. The molecule has 2 atom stereocenters. The normalized spacial score (nSPS) is 13.7. The Morgan fingerprint density at radius 3 is 0.844 bits per heavy atom. The number of hydrogen-bond acceptors (Lipinski definition) is 6. The molecule has 0 aromatic rings. The van der Waals surface area contributed by atoms with Crippen LogP contribution < -0.4 is 0 Å². The quantitative estimate of drug-likeness (QED) is 0.0581. The molecule has 0 aliphatic rings. The Hall–Kier alpha value is -1.22. The van der Waals surface area contributed by atoms with E-state index in [1.807, 2.05) is 27.7 Å². The highest BCUT2D eigenvalue weighted by molar-refractivity contribution is 5.68. The molecule has 0 rings (SSSR count). The van der Waals surface area contributed by atoms with Gasteiger partial charge in [-0.15, -0.1) is 0 Å². The average molecular weight is 911 g/mol. The molecule has 0 radical (unpaired) electrons. The minimum Gasteiger partial charge on any atom is -0.481 e. The van der Waals surface area contributed by atoms with Gasteiger partial charge in [-0.3, -0.25) is 9.59 Å². The molecule has 8 nitrogen and oxygen atoms in total. The largest absolute Gasteiger partial charge is 0.481 e. The monoisotopic (exact) mass is 911 g/mol. The van der Waals surface area contributed by atoms with E-state index in [0.717, 1.165) is 50.7 Å². The lowest BCUT2D eigenvalue weighted by Crippen LogP contribution is -2.32. The molecular formula is C56H110O8. The van der Waals surface area contributed by atoms with Gasteiger partial charge in [0.15, 0.2) is 0 Å². The van der Waals surface area contributed by atoms with Crippen molar-refractivity contribution < 1.29 is 38.7 Å². The van der Waals surface area contributed by atoms with Crippen LogP contribution in [0.4, 0.5) is 0 Å². The molecule has 64 heavy (non-hydrogen) atoms. The highest BCUT2D eigenvalue weighted by Gasteiger charge is 2.27. The molecule has 382 valence electrons. The number of carboxylic acid groups (broad SMARTS) is 2. The fourth-order valence-corrected chi connectivity index (χ4v) is 9.21. The predicted octanol–water partition coefficient (Wildman–Crippen LogP) is 16.9. The first kappa shape index (κ1) is 62.8. The summed E-state index contributed by atoms with van der Waals surface area (Å²) in [4.78, 5) is 22.2. The minimum atomic E-state index is -0.831. The standard InChI is InChI=1S/C56H110O8/c1-11-13-15-17-19-25-31-37-49(39-33-27-21-23-29-35-43-61-53(3,4)41-45-63-55(7,8)47-51(57)58)50(38-32-26-20-18-16-14-12-2)40-34-28-22-24-30-36-44-62-54(5,6)42-46-64-56(9,10)48-52(59)60/h49-50H,11-48H2,1-10H3,(H,57,58)(H,59,60). The van der Waals surface area contributed by atoms with Gasteiger partial charge in [0.25, 0.3) is 0 Å². The summed E-state index contributed by atoms with van der Waals surface area (Å²) in [6, 6.07) is 0. The van der Waals surface area contributed by atoms with Crippen LogP contribution >= 0.6 is 0 Å². The first-order valence-electron chi connectivity index (χ1n) is 27.3. The van der Waals surface area contributed by atoms with Gasteiger partial charge in [-0.2, -0.15) is 0 Å². The molecule has 2 N–H and O–H groups in total. The summed E-state index contributed by atoms with van der Waals surface area (Å²) in [7, 11) is 0. The van der Waals surface area contributed by atoms with Crippen molar-refractivity contribution in [1.29, 1.82) is 0 Å². The fraction of sp³-hybridized carbons (Fsp3) is 0.964. The molecule has 0 aromatic carbocycles. The number of rotatable bonds is 49. The van der Waals surface area contributed by atoms with Crippen LogP contribution in [-0.2, 0) is 28.5 Å². The molecular weight excluding hydrogens is 801 g/mol. The fourth-order valence-electron chi connectivity index (χ4n) is 9.21. The van der Waals surface area contributed by atoms with Crippen LogP contribution in [0.15, 0.2) is 0 Å². The Bertz CT molecular complexity index is 1000. The Morgan fingerprint density at radius 2 is 0.578 bits per heavy atom. The second-order valence-electron chi connectivity index (χ2n) is 22.2. The Kier molecular flexibility index (Phi) is 38.0. The van der Waals surface area contributed by atoms with Crippen LogP contribution in [0.3, 0.4) is 0 Å². The number of unbranched alkanes of at least 4 members (excludes halogenated alkanes) is 22. The summed E-state index contributed by atoms with van der Waals surface area (Å²) in [6.45, 7) is 23.0. The van der Waals surface area contributed by atoms with E-state index in [0.29, 0.717) is 13.2 Å². The van der Waals surface area contributed by atoms with Crippen LogP contribution in [-0.4, -0.2) is 71.0 Å². The molecule has 0 spiro atoms. The molecule has 8 heteroatoms. The van der Waals surface area contributed by atoms with E-state index in [4.69, 9.17) is 29.2 Å². The zero-order valence-electron chi connectivity index (χ0n) is 44.4. The van der Waals surface area contributed by atoms with Crippen molar-refractivity contribution >= 4 is 11.9 Å². The van der Waals surface area contributed by atoms with E-state index in [9.17, 15) is 9.59 Å². The van der Waals surface area contributed by atoms with E-state index < -0.39 is 23.1 Å². The summed E-state index contributed by atoms with van der Waals surface area (Å²) in [6.07, 6.45) is 42.1. The molecule has 0 heterocycles. The third-order valence-electron chi connectivity index (χ3n) is 13.5. The van der Waals surface area contributed by atoms with Crippen LogP contribution in [0.1, 0.15) is 288 Å². The van der Waals surface area contributed by atoms with Gasteiger partial charge in [0.1, 0.15) is 0 Å². The van der Waals surface area contributed by atoms with Crippen LogP contribution in [0.25, 0.3) is 0 Å². The molecule has 0 amide bonds. The van der Waals surface area contributed by atoms with Crippen molar-refractivity contribution in [2.75, 3.05) is 26.4 Å². The van der Waals surface area contributed by atoms with Crippen molar-refractivity contribution in [2.45, 2.75) is 310 Å². The van der Waals surface area contributed by atoms with Crippen molar-refractivity contribution in [3.8, 4) is 0 Å². The third kappa shape index (κ3) is 41.0. The van der Waals surface area contributed by atoms with Crippen LogP contribution in [0.5, 0.6) is 0 Å². The van der Waals surface area contributed by atoms with Crippen LogP contribution in [0, 0.1) is 11.8 Å². The number of carboxylic acids is 2. The molecule has 0 bridgehead atoms. The molecule has 0 aromatic heterocycles. The van der Waals surface area contributed by atoms with Gasteiger partial charge in [-0.1, -0.05) is 194 Å². The molecule has 0 aliphatic heterocycles. The molecule has 0 fully saturated rings. The smallest absolute Gasteiger partial charge is 0.306 e. The second-order valence-corrected chi connectivity index (χ2v) is 22.2. The van der Waals surface area contributed by atoms with Crippen LogP contribution in [0.2, 0.25) is 0 Å². The number of hydrogen-bond donors (Lipinski definition) is 2. The van der Waals surface area contributed by atoms with Crippen molar-refractivity contribution in [1.82, 2.24) is 0 Å². The Morgan fingerprint density at radius 1 is 0.344 bits per heavy atom. The van der Waals surface area contributed by atoms with E-state index in [1.165, 1.54) is 180 Å². The summed E-state index contributed by atoms with van der Waals surface area (Å²) in [5, 5.41) is 18.2. The van der Waals surface area contributed by atoms with E-state index in [2.05, 4.69) is 41.5 Å². The SMILES string of the molecule is CCCCCCCCCC(CCCCCCCCOC(C)(C)CCOC(C)(C)CC(=O)O)C(CCCCCCCCC)CCCCCCCCOC(C)(C)CCOC(C)(C)CC(=O)O. The zero-order chi connectivity index (χ0) is 48.0. The lowest BCUT2D eigenvalue weighted by atomic mass is 9.78.